The first-order valence-electron chi connectivity index (χ1n) is 5.27. The van der Waals surface area contributed by atoms with Gasteiger partial charge in [-0.05, 0) is 26.7 Å². The fraction of sp³-hybridized carbons (Fsp3) is 0.583. The minimum atomic E-state index is 0.326. The van der Waals surface area contributed by atoms with E-state index < -0.39 is 0 Å². The predicted molar refractivity (Wildman–Crippen MR) is 64.0 cm³/mol. The van der Waals surface area contributed by atoms with Gasteiger partial charge in [-0.2, -0.15) is 0 Å². The molecule has 1 heterocycles. The summed E-state index contributed by atoms with van der Waals surface area (Å²) < 4.78 is 2.15. The number of halogens is 1. The largest absolute Gasteiger partial charge is 0.344 e. The Balaban J connectivity index is 3.54. The van der Waals surface area contributed by atoms with Crippen LogP contribution >= 0.6 is 11.6 Å². The minimum absolute atomic E-state index is 0.326. The van der Waals surface area contributed by atoms with E-state index in [2.05, 4.69) is 32.3 Å². The second-order valence-electron chi connectivity index (χ2n) is 4.43. The monoisotopic (exact) mass is 227 g/mol. The first-order chi connectivity index (χ1) is 6.91. The van der Waals surface area contributed by atoms with Gasteiger partial charge in [0.1, 0.15) is 0 Å². The van der Waals surface area contributed by atoms with Gasteiger partial charge in [0.15, 0.2) is 6.29 Å². The number of hydrogen-bond donors (Lipinski definition) is 0. The van der Waals surface area contributed by atoms with E-state index in [0.717, 1.165) is 17.7 Å². The first-order valence-corrected chi connectivity index (χ1v) is 5.64. The van der Waals surface area contributed by atoms with E-state index in [1.54, 1.807) is 0 Å². The highest BCUT2D eigenvalue weighted by Crippen LogP contribution is 2.34. The van der Waals surface area contributed by atoms with Gasteiger partial charge in [0.25, 0.3) is 0 Å². The summed E-state index contributed by atoms with van der Waals surface area (Å²) in [7, 11) is 0. The molecular formula is C12H18ClNO. The molecule has 0 saturated carbocycles. The lowest BCUT2D eigenvalue weighted by molar-refractivity contribution is 0.112. The van der Waals surface area contributed by atoms with Crippen molar-refractivity contribution in [2.75, 3.05) is 0 Å². The van der Waals surface area contributed by atoms with Crippen molar-refractivity contribution < 1.29 is 4.79 Å². The molecule has 0 amide bonds. The van der Waals surface area contributed by atoms with Gasteiger partial charge >= 0.3 is 0 Å². The SMILES string of the molecule is Cc1c(C=O)c(Cl)c(C(C)C)n1C(C)C. The van der Waals surface area contributed by atoms with Crippen molar-refractivity contribution in [3.63, 3.8) is 0 Å². The Hall–Kier alpha value is -0.760. The summed E-state index contributed by atoms with van der Waals surface area (Å²) in [6, 6.07) is 0.327. The van der Waals surface area contributed by atoms with Gasteiger partial charge in [-0.25, -0.2) is 0 Å². The van der Waals surface area contributed by atoms with Gasteiger partial charge in [-0.3, -0.25) is 4.79 Å². The maximum atomic E-state index is 11.0. The van der Waals surface area contributed by atoms with Gasteiger partial charge < -0.3 is 4.57 Å². The number of aromatic nitrogens is 1. The molecule has 1 aromatic heterocycles. The molecule has 0 aliphatic carbocycles. The zero-order valence-corrected chi connectivity index (χ0v) is 10.7. The Kier molecular flexibility index (Phi) is 3.61. The smallest absolute Gasteiger partial charge is 0.153 e. The molecule has 0 radical (unpaired) electrons. The summed E-state index contributed by atoms with van der Waals surface area (Å²) in [5.74, 6) is 0.326. The molecule has 15 heavy (non-hydrogen) atoms. The summed E-state index contributed by atoms with van der Waals surface area (Å²) >= 11 is 6.22. The Labute approximate surface area is 96.2 Å². The van der Waals surface area contributed by atoms with Crippen molar-refractivity contribution in [2.24, 2.45) is 0 Å². The highest BCUT2D eigenvalue weighted by molar-refractivity contribution is 6.34. The maximum Gasteiger partial charge on any atom is 0.153 e. The first kappa shape index (κ1) is 12.3. The minimum Gasteiger partial charge on any atom is -0.344 e. The summed E-state index contributed by atoms with van der Waals surface area (Å²) in [6.07, 6.45) is 0.850. The van der Waals surface area contributed by atoms with Crippen molar-refractivity contribution in [3.8, 4) is 0 Å². The number of nitrogens with zero attached hydrogens (tertiary/aromatic N) is 1. The fourth-order valence-corrected chi connectivity index (χ4v) is 2.54. The number of hydrogen-bond acceptors (Lipinski definition) is 1. The molecule has 0 atom stereocenters. The maximum absolute atomic E-state index is 11.0. The Morgan fingerprint density at radius 3 is 2.07 bits per heavy atom. The van der Waals surface area contributed by atoms with Crippen molar-refractivity contribution in [1.29, 1.82) is 0 Å². The van der Waals surface area contributed by atoms with E-state index >= 15 is 0 Å². The van der Waals surface area contributed by atoms with Gasteiger partial charge in [-0.15, -0.1) is 0 Å². The van der Waals surface area contributed by atoms with Crippen LogP contribution in [0, 0.1) is 6.92 Å². The van der Waals surface area contributed by atoms with Crippen LogP contribution in [0.5, 0.6) is 0 Å². The molecule has 0 unspecified atom stereocenters. The van der Waals surface area contributed by atoms with Gasteiger partial charge in [0.2, 0.25) is 0 Å². The van der Waals surface area contributed by atoms with Crippen molar-refractivity contribution in [2.45, 2.75) is 46.6 Å². The van der Waals surface area contributed by atoms with Gasteiger partial charge in [0.05, 0.1) is 10.6 Å². The van der Waals surface area contributed by atoms with Crippen LogP contribution in [-0.2, 0) is 0 Å². The van der Waals surface area contributed by atoms with E-state index in [1.165, 1.54) is 0 Å². The second-order valence-corrected chi connectivity index (χ2v) is 4.81. The van der Waals surface area contributed by atoms with E-state index in [0.29, 0.717) is 22.5 Å². The predicted octanol–water partition coefficient (Wildman–Crippen LogP) is 3.97. The third kappa shape index (κ3) is 1.96. The molecule has 0 aliphatic rings. The topological polar surface area (TPSA) is 22.0 Å². The molecule has 84 valence electrons. The van der Waals surface area contributed by atoms with Crippen LogP contribution < -0.4 is 0 Å². The molecule has 0 saturated heterocycles. The summed E-state index contributed by atoms with van der Waals surface area (Å²) in [4.78, 5) is 11.0. The van der Waals surface area contributed by atoms with Crippen LogP contribution in [0.1, 0.15) is 61.4 Å². The summed E-state index contributed by atoms with van der Waals surface area (Å²) in [5, 5.41) is 0.617. The lowest BCUT2D eigenvalue weighted by atomic mass is 10.1. The Morgan fingerprint density at radius 2 is 1.80 bits per heavy atom. The highest BCUT2D eigenvalue weighted by Gasteiger charge is 2.21. The normalized spacial score (nSPS) is 11.5. The van der Waals surface area contributed by atoms with Gasteiger partial charge in [0, 0.05) is 17.4 Å². The van der Waals surface area contributed by atoms with Crippen LogP contribution in [0.2, 0.25) is 5.02 Å². The van der Waals surface area contributed by atoms with Gasteiger partial charge in [-0.1, -0.05) is 25.4 Å². The van der Waals surface area contributed by atoms with Crippen LogP contribution in [0.4, 0.5) is 0 Å². The molecule has 2 nitrogen and oxygen atoms in total. The lowest BCUT2D eigenvalue weighted by Gasteiger charge is -2.17. The highest BCUT2D eigenvalue weighted by atomic mass is 35.5. The van der Waals surface area contributed by atoms with E-state index in [9.17, 15) is 4.79 Å². The third-order valence-corrected chi connectivity index (χ3v) is 3.05. The average Bonchev–Trinajstić information content (AvgIpc) is 2.37. The zero-order chi connectivity index (χ0) is 11.7. The molecule has 0 fully saturated rings. The number of rotatable bonds is 3. The third-order valence-electron chi connectivity index (χ3n) is 2.65. The molecule has 3 heteroatoms. The Morgan fingerprint density at radius 1 is 1.27 bits per heavy atom. The van der Waals surface area contributed by atoms with E-state index in [1.807, 2.05) is 6.92 Å². The zero-order valence-electron chi connectivity index (χ0n) is 9.97. The molecule has 0 spiro atoms. The molecular weight excluding hydrogens is 210 g/mol. The lowest BCUT2D eigenvalue weighted by Crippen LogP contribution is -2.08. The summed E-state index contributed by atoms with van der Waals surface area (Å²) in [5.41, 5.74) is 2.66. The van der Waals surface area contributed by atoms with Crippen molar-refractivity contribution >= 4 is 17.9 Å². The molecule has 0 bridgehead atoms. The second kappa shape index (κ2) is 4.40. The number of carbonyl (C=O) groups excluding carboxylic acids is 1. The van der Waals surface area contributed by atoms with Crippen LogP contribution in [0.15, 0.2) is 0 Å². The van der Waals surface area contributed by atoms with E-state index in [-0.39, 0.29) is 0 Å². The van der Waals surface area contributed by atoms with Crippen molar-refractivity contribution in [3.05, 3.63) is 22.0 Å². The van der Waals surface area contributed by atoms with Crippen LogP contribution in [0.3, 0.4) is 0 Å². The Bertz CT molecular complexity index is 346. The van der Waals surface area contributed by atoms with Crippen LogP contribution in [0.25, 0.3) is 0 Å². The standard InChI is InChI=1S/C12H18ClNO/c1-7(2)12-11(13)10(6-15)9(5)14(12)8(3)4/h6-8H,1-5H3. The van der Waals surface area contributed by atoms with E-state index in [4.69, 9.17) is 11.6 Å². The quantitative estimate of drug-likeness (QED) is 0.717. The molecule has 0 aliphatic heterocycles. The number of aldehydes is 1. The van der Waals surface area contributed by atoms with Crippen molar-refractivity contribution in [1.82, 2.24) is 4.57 Å². The molecule has 1 aromatic rings. The molecule has 0 aromatic carbocycles. The summed E-state index contributed by atoms with van der Waals surface area (Å²) in [6.45, 7) is 10.3. The average molecular weight is 228 g/mol. The molecule has 0 N–H and O–H groups in total. The molecule has 1 rings (SSSR count). The van der Waals surface area contributed by atoms with Crippen LogP contribution in [-0.4, -0.2) is 10.9 Å². The number of carbonyl (C=O) groups is 1. The fourth-order valence-electron chi connectivity index (χ4n) is 2.05.